The second kappa shape index (κ2) is 7.50. The summed E-state index contributed by atoms with van der Waals surface area (Å²) in [6, 6.07) is 4.46. The Bertz CT molecular complexity index is 684. The van der Waals surface area contributed by atoms with Crippen molar-refractivity contribution in [3.63, 3.8) is 0 Å². The first-order valence-corrected chi connectivity index (χ1v) is 7.87. The van der Waals surface area contributed by atoms with E-state index in [-0.39, 0.29) is 24.3 Å². The lowest BCUT2D eigenvalue weighted by Crippen LogP contribution is -2.35. The zero-order valence-corrected chi connectivity index (χ0v) is 13.5. The van der Waals surface area contributed by atoms with Gasteiger partial charge in [0.15, 0.2) is 5.82 Å². The van der Waals surface area contributed by atoms with Gasteiger partial charge in [-0.05, 0) is 38.1 Å². The fourth-order valence-corrected chi connectivity index (χ4v) is 2.64. The van der Waals surface area contributed by atoms with E-state index in [0.29, 0.717) is 11.4 Å². The zero-order chi connectivity index (χ0) is 16.9. The maximum Gasteiger partial charge on any atom is 0.250 e. The summed E-state index contributed by atoms with van der Waals surface area (Å²) in [7, 11) is 2.06. The number of aromatic amines is 1. The number of carbonyl (C=O) groups is 1. The first kappa shape index (κ1) is 16.5. The van der Waals surface area contributed by atoms with Crippen molar-refractivity contribution in [3.8, 4) is 11.4 Å². The Balaban J connectivity index is 1.53. The van der Waals surface area contributed by atoms with Crippen LogP contribution in [0.5, 0.6) is 0 Å². The summed E-state index contributed by atoms with van der Waals surface area (Å²) in [5, 5.41) is 8.92. The van der Waals surface area contributed by atoms with Crippen molar-refractivity contribution in [2.45, 2.75) is 18.9 Å². The molecular formula is C16H20FN5O2. The molecule has 2 heterocycles. The Kier molecular flexibility index (Phi) is 5.17. The highest BCUT2D eigenvalue weighted by atomic mass is 19.1. The molecule has 2 aromatic rings. The number of benzene rings is 1. The van der Waals surface area contributed by atoms with Gasteiger partial charge in [-0.15, -0.1) is 0 Å². The summed E-state index contributed by atoms with van der Waals surface area (Å²) in [6.07, 6.45) is 3.25. The Morgan fingerprint density at radius 1 is 1.46 bits per heavy atom. The van der Waals surface area contributed by atoms with Crippen LogP contribution < -0.4 is 5.32 Å². The van der Waals surface area contributed by atoms with Crippen molar-refractivity contribution >= 4 is 11.6 Å². The van der Waals surface area contributed by atoms with E-state index in [9.17, 15) is 9.18 Å². The van der Waals surface area contributed by atoms with Crippen LogP contribution in [0.1, 0.15) is 12.8 Å². The molecule has 128 valence electrons. The SMILES string of the molecule is CN1CCC(OCC(=O)Nc2ccc(-c3ncn[nH]3)cc2F)CC1. The minimum Gasteiger partial charge on any atom is -0.368 e. The van der Waals surface area contributed by atoms with Gasteiger partial charge >= 0.3 is 0 Å². The molecule has 2 N–H and O–H groups in total. The van der Waals surface area contributed by atoms with Crippen LogP contribution in [-0.4, -0.2) is 58.8 Å². The number of hydrogen-bond donors (Lipinski definition) is 2. The number of amides is 1. The molecule has 0 atom stereocenters. The molecule has 7 nitrogen and oxygen atoms in total. The van der Waals surface area contributed by atoms with Crippen molar-refractivity contribution in [3.05, 3.63) is 30.3 Å². The molecule has 3 rings (SSSR count). The molecule has 0 radical (unpaired) electrons. The van der Waals surface area contributed by atoms with E-state index >= 15 is 0 Å². The molecule has 1 aromatic carbocycles. The summed E-state index contributed by atoms with van der Waals surface area (Å²) < 4.78 is 19.7. The number of piperidine rings is 1. The maximum absolute atomic E-state index is 14.1. The summed E-state index contributed by atoms with van der Waals surface area (Å²) in [6.45, 7) is 1.85. The predicted molar refractivity (Wildman–Crippen MR) is 86.9 cm³/mol. The molecule has 1 aliphatic rings. The quantitative estimate of drug-likeness (QED) is 0.869. The lowest BCUT2D eigenvalue weighted by atomic mass is 10.1. The van der Waals surface area contributed by atoms with Crippen LogP contribution in [0.2, 0.25) is 0 Å². The number of likely N-dealkylation sites (tertiary alicyclic amines) is 1. The van der Waals surface area contributed by atoms with Crippen LogP contribution in [0, 0.1) is 5.82 Å². The standard InChI is InChI=1S/C16H20FN5O2/c1-22-6-4-12(5-7-22)24-9-15(23)20-14-3-2-11(8-13(14)17)16-18-10-19-21-16/h2-3,8,10,12H,4-7,9H2,1H3,(H,20,23)(H,18,19,21). The molecule has 1 saturated heterocycles. The smallest absolute Gasteiger partial charge is 0.250 e. The number of anilines is 1. The van der Waals surface area contributed by atoms with E-state index in [2.05, 4.69) is 32.4 Å². The third-order valence-corrected chi connectivity index (χ3v) is 4.05. The number of rotatable bonds is 5. The van der Waals surface area contributed by atoms with Crippen molar-refractivity contribution in [1.29, 1.82) is 0 Å². The van der Waals surface area contributed by atoms with Crippen LogP contribution in [-0.2, 0) is 9.53 Å². The monoisotopic (exact) mass is 333 g/mol. The Morgan fingerprint density at radius 3 is 2.92 bits per heavy atom. The molecule has 0 saturated carbocycles. The van der Waals surface area contributed by atoms with E-state index in [1.54, 1.807) is 6.07 Å². The number of aromatic nitrogens is 3. The van der Waals surface area contributed by atoms with Crippen LogP contribution >= 0.6 is 0 Å². The highest BCUT2D eigenvalue weighted by Gasteiger charge is 2.18. The third kappa shape index (κ3) is 4.15. The Hall–Kier alpha value is -2.32. The van der Waals surface area contributed by atoms with Crippen LogP contribution in [0.4, 0.5) is 10.1 Å². The van der Waals surface area contributed by atoms with E-state index in [1.165, 1.54) is 18.5 Å². The molecule has 0 unspecified atom stereocenters. The fourth-order valence-electron chi connectivity index (χ4n) is 2.64. The van der Waals surface area contributed by atoms with E-state index < -0.39 is 5.82 Å². The highest BCUT2D eigenvalue weighted by Crippen LogP contribution is 2.21. The molecule has 1 fully saturated rings. The van der Waals surface area contributed by atoms with Crippen molar-refractivity contribution in [2.24, 2.45) is 0 Å². The van der Waals surface area contributed by atoms with E-state index in [1.807, 2.05) is 0 Å². The largest absolute Gasteiger partial charge is 0.368 e. The topological polar surface area (TPSA) is 83.1 Å². The van der Waals surface area contributed by atoms with Gasteiger partial charge in [0.1, 0.15) is 18.8 Å². The number of nitrogens with one attached hydrogen (secondary N) is 2. The van der Waals surface area contributed by atoms with Gasteiger partial charge in [0.2, 0.25) is 5.91 Å². The second-order valence-corrected chi connectivity index (χ2v) is 5.89. The Labute approximate surface area is 139 Å². The van der Waals surface area contributed by atoms with Gasteiger partial charge in [0.05, 0.1) is 11.8 Å². The maximum atomic E-state index is 14.1. The van der Waals surface area contributed by atoms with E-state index in [4.69, 9.17) is 4.74 Å². The van der Waals surface area contributed by atoms with Gasteiger partial charge in [-0.1, -0.05) is 0 Å². The normalized spacial score (nSPS) is 16.2. The lowest BCUT2D eigenvalue weighted by molar-refractivity contribution is -0.123. The number of halogens is 1. The van der Waals surface area contributed by atoms with Crippen molar-refractivity contribution in [1.82, 2.24) is 20.1 Å². The number of H-pyrrole nitrogens is 1. The van der Waals surface area contributed by atoms with Crippen molar-refractivity contribution in [2.75, 3.05) is 32.1 Å². The number of nitrogens with zero attached hydrogens (tertiary/aromatic N) is 3. The lowest BCUT2D eigenvalue weighted by Gasteiger charge is -2.28. The molecule has 24 heavy (non-hydrogen) atoms. The molecule has 0 aliphatic carbocycles. The molecule has 0 spiro atoms. The molecule has 1 amide bonds. The third-order valence-electron chi connectivity index (χ3n) is 4.05. The number of hydrogen-bond acceptors (Lipinski definition) is 5. The van der Waals surface area contributed by atoms with Crippen LogP contribution in [0.3, 0.4) is 0 Å². The minimum atomic E-state index is -0.531. The first-order chi connectivity index (χ1) is 11.6. The summed E-state index contributed by atoms with van der Waals surface area (Å²) in [5.74, 6) is -0.422. The van der Waals surface area contributed by atoms with Crippen molar-refractivity contribution < 1.29 is 13.9 Å². The van der Waals surface area contributed by atoms with Crippen LogP contribution in [0.25, 0.3) is 11.4 Å². The molecule has 1 aromatic heterocycles. The predicted octanol–water partition coefficient (Wildman–Crippen LogP) is 1.66. The van der Waals surface area contributed by atoms with Gasteiger partial charge in [0.25, 0.3) is 0 Å². The molecule has 8 heteroatoms. The summed E-state index contributed by atoms with van der Waals surface area (Å²) in [5.41, 5.74) is 0.681. The number of carbonyl (C=O) groups excluding carboxylic acids is 1. The molecule has 1 aliphatic heterocycles. The molecular weight excluding hydrogens is 313 g/mol. The summed E-state index contributed by atoms with van der Waals surface area (Å²) in [4.78, 5) is 18.1. The van der Waals surface area contributed by atoms with Gasteiger partial charge in [-0.3, -0.25) is 9.89 Å². The summed E-state index contributed by atoms with van der Waals surface area (Å²) >= 11 is 0. The second-order valence-electron chi connectivity index (χ2n) is 5.89. The molecule has 0 bridgehead atoms. The van der Waals surface area contributed by atoms with Gasteiger partial charge < -0.3 is 15.0 Å². The van der Waals surface area contributed by atoms with Crippen LogP contribution in [0.15, 0.2) is 24.5 Å². The van der Waals surface area contributed by atoms with Gasteiger partial charge in [-0.25, -0.2) is 9.37 Å². The zero-order valence-electron chi connectivity index (χ0n) is 13.5. The van der Waals surface area contributed by atoms with Gasteiger partial charge in [-0.2, -0.15) is 5.10 Å². The van der Waals surface area contributed by atoms with E-state index in [0.717, 1.165) is 25.9 Å². The first-order valence-electron chi connectivity index (χ1n) is 7.87. The average molecular weight is 333 g/mol. The minimum absolute atomic E-state index is 0.0717. The average Bonchev–Trinajstić information content (AvgIpc) is 3.11. The number of ether oxygens (including phenoxy) is 1. The highest BCUT2D eigenvalue weighted by molar-refractivity contribution is 5.92. The Morgan fingerprint density at radius 2 is 2.25 bits per heavy atom. The van der Waals surface area contributed by atoms with Gasteiger partial charge in [0, 0.05) is 18.7 Å². The fraction of sp³-hybridized carbons (Fsp3) is 0.438.